The molecule has 0 saturated heterocycles. The van der Waals surface area contributed by atoms with Gasteiger partial charge in [-0.2, -0.15) is 4.98 Å². The van der Waals surface area contributed by atoms with Gasteiger partial charge >= 0.3 is 0 Å². The molecule has 0 radical (unpaired) electrons. The number of fused-ring (bicyclic) bond motifs is 1. The van der Waals surface area contributed by atoms with E-state index < -0.39 is 21.8 Å². The van der Waals surface area contributed by atoms with Gasteiger partial charge in [-0.15, -0.1) is 11.3 Å². The molecule has 0 bridgehead atoms. The van der Waals surface area contributed by atoms with Gasteiger partial charge in [-0.05, 0) is 37.2 Å². The second-order valence-electron chi connectivity index (χ2n) is 8.14. The molecule has 3 aromatic heterocycles. The fraction of sp³-hybridized carbons (Fsp3) is 0.261. The highest BCUT2D eigenvalue weighted by molar-refractivity contribution is 7.89. The van der Waals surface area contributed by atoms with E-state index >= 15 is 0 Å². The summed E-state index contributed by atoms with van der Waals surface area (Å²) in [7, 11) is -1.36. The molecule has 4 aromatic rings. The highest BCUT2D eigenvalue weighted by Crippen LogP contribution is 2.36. The molecule has 0 saturated carbocycles. The lowest BCUT2D eigenvalue weighted by Gasteiger charge is -2.16. The Balaban J connectivity index is 1.68. The Morgan fingerprint density at radius 3 is 2.69 bits per heavy atom. The van der Waals surface area contributed by atoms with Gasteiger partial charge < -0.3 is 15.8 Å². The van der Waals surface area contributed by atoms with E-state index in [1.54, 1.807) is 28.9 Å². The van der Waals surface area contributed by atoms with Crippen molar-refractivity contribution >= 4 is 44.3 Å². The Hall–Kier alpha value is -2.99. The molecule has 9 nitrogen and oxygen atoms in total. The van der Waals surface area contributed by atoms with Crippen molar-refractivity contribution in [2.45, 2.75) is 25.3 Å². The zero-order valence-electron chi connectivity index (χ0n) is 19.3. The molecule has 1 amide bonds. The van der Waals surface area contributed by atoms with E-state index in [4.69, 9.17) is 22.1 Å². The van der Waals surface area contributed by atoms with Crippen molar-refractivity contribution in [1.29, 1.82) is 0 Å². The average molecular weight is 534 g/mol. The summed E-state index contributed by atoms with van der Waals surface area (Å²) in [6.45, 7) is 2.50. The zero-order valence-corrected chi connectivity index (χ0v) is 21.7. The first-order valence-electron chi connectivity index (χ1n) is 10.6. The van der Waals surface area contributed by atoms with Crippen LogP contribution < -0.4 is 15.8 Å². The number of nitrogens with two attached hydrogens (primary N) is 1. The Labute approximate surface area is 211 Å². The third-order valence-corrected chi connectivity index (χ3v) is 7.47. The highest BCUT2D eigenvalue weighted by Gasteiger charge is 2.23. The molecule has 184 valence electrons. The number of halogens is 1. The number of thiazole rings is 1. The van der Waals surface area contributed by atoms with Gasteiger partial charge in [-0.1, -0.05) is 29.8 Å². The number of carbonyl (C=O) groups is 1. The predicted octanol–water partition coefficient (Wildman–Crippen LogP) is 3.61. The fourth-order valence-electron chi connectivity index (χ4n) is 3.67. The average Bonchev–Trinajstić information content (AvgIpc) is 3.36. The number of aromatic nitrogens is 3. The molecule has 0 spiro atoms. The summed E-state index contributed by atoms with van der Waals surface area (Å²) >= 11 is 7.55. The molecule has 0 aliphatic rings. The minimum absolute atomic E-state index is 0.0996. The van der Waals surface area contributed by atoms with E-state index in [1.165, 1.54) is 6.26 Å². The second-order valence-corrected chi connectivity index (χ2v) is 11.7. The van der Waals surface area contributed by atoms with Crippen molar-refractivity contribution in [3.05, 3.63) is 69.3 Å². The molecule has 0 aliphatic heterocycles. The first-order valence-corrected chi connectivity index (χ1v) is 13.9. The van der Waals surface area contributed by atoms with Crippen LogP contribution in [0, 0.1) is 0 Å². The number of hydrogen-bond acceptors (Lipinski definition) is 8. The number of pyridine rings is 1. The number of benzene rings is 1. The molecule has 0 aliphatic carbocycles. The third-order valence-electron chi connectivity index (χ3n) is 5.21. The Morgan fingerprint density at radius 2 is 2.03 bits per heavy atom. The SMILES string of the molecule is CNCc1ccc([C@@H](C)Oc2nc(-c3cnc4ccc(CS(C)(=O)=O)cn34)sc2C(N)=O)c(Cl)c1. The molecular formula is C23H24ClN5O4S2. The van der Waals surface area contributed by atoms with Crippen LogP contribution in [0.1, 0.15) is 39.4 Å². The lowest BCUT2D eigenvalue weighted by atomic mass is 10.1. The zero-order chi connectivity index (χ0) is 25.3. The van der Waals surface area contributed by atoms with Gasteiger partial charge in [0.1, 0.15) is 22.5 Å². The van der Waals surface area contributed by atoms with E-state index in [2.05, 4.69) is 15.3 Å². The molecule has 12 heteroatoms. The van der Waals surface area contributed by atoms with Crippen LogP contribution in [0.15, 0.2) is 42.7 Å². The molecule has 35 heavy (non-hydrogen) atoms. The minimum Gasteiger partial charge on any atom is -0.469 e. The molecule has 3 N–H and O–H groups in total. The van der Waals surface area contributed by atoms with E-state index in [1.807, 2.05) is 32.2 Å². The maximum atomic E-state index is 12.2. The number of nitrogens with zero attached hydrogens (tertiary/aromatic N) is 3. The van der Waals surface area contributed by atoms with Gasteiger partial charge in [0.2, 0.25) is 5.88 Å². The Bertz CT molecular complexity index is 1510. The summed E-state index contributed by atoms with van der Waals surface area (Å²) in [6, 6.07) is 9.13. The standard InChI is InChI=1S/C23H24ClN5O4S2/c1-13(16-6-4-14(9-26-2)8-17(16)24)33-22-20(21(25)30)34-23(28-22)18-10-27-19-7-5-15(11-29(18)19)12-35(3,31)32/h4-8,10-11,13,26H,9,12H2,1-3H3,(H2,25,30)/t13-/m1/s1. The largest absolute Gasteiger partial charge is 0.469 e. The van der Waals surface area contributed by atoms with E-state index in [0.717, 1.165) is 22.5 Å². The first-order chi connectivity index (χ1) is 16.6. The van der Waals surface area contributed by atoms with Crippen LogP contribution in [0.5, 0.6) is 5.88 Å². The van der Waals surface area contributed by atoms with Crippen LogP contribution in [0.4, 0.5) is 0 Å². The van der Waals surface area contributed by atoms with Crippen molar-refractivity contribution in [3.8, 4) is 16.6 Å². The summed E-state index contributed by atoms with van der Waals surface area (Å²) < 4.78 is 31.2. The third kappa shape index (κ3) is 5.64. The van der Waals surface area contributed by atoms with Crippen LogP contribution in [0.2, 0.25) is 5.02 Å². The molecular weight excluding hydrogens is 510 g/mol. The summed E-state index contributed by atoms with van der Waals surface area (Å²) in [4.78, 5) is 21.2. The monoisotopic (exact) mass is 533 g/mol. The number of imidazole rings is 1. The van der Waals surface area contributed by atoms with Gasteiger partial charge in [0.25, 0.3) is 5.91 Å². The van der Waals surface area contributed by atoms with E-state index in [-0.39, 0.29) is 16.5 Å². The minimum atomic E-state index is -3.21. The molecule has 0 unspecified atom stereocenters. The van der Waals surface area contributed by atoms with Crippen molar-refractivity contribution in [1.82, 2.24) is 19.7 Å². The summed E-state index contributed by atoms with van der Waals surface area (Å²) in [6.07, 6.45) is 3.98. The van der Waals surface area contributed by atoms with Crippen LogP contribution in [-0.2, 0) is 22.1 Å². The van der Waals surface area contributed by atoms with Gasteiger partial charge in [0.05, 0.1) is 11.9 Å². The summed E-state index contributed by atoms with van der Waals surface area (Å²) in [5.41, 5.74) is 9.19. The number of sulfone groups is 1. The van der Waals surface area contributed by atoms with Gasteiger partial charge in [-0.25, -0.2) is 13.4 Å². The first kappa shape index (κ1) is 25.1. The van der Waals surface area contributed by atoms with Crippen LogP contribution >= 0.6 is 22.9 Å². The van der Waals surface area contributed by atoms with Crippen molar-refractivity contribution in [2.24, 2.45) is 5.73 Å². The quantitative estimate of drug-likeness (QED) is 0.336. The fourth-order valence-corrected chi connectivity index (χ4v) is 5.66. The van der Waals surface area contributed by atoms with Gasteiger partial charge in [0, 0.05) is 29.6 Å². The molecule has 1 aromatic carbocycles. The van der Waals surface area contributed by atoms with Crippen LogP contribution in [0.3, 0.4) is 0 Å². The van der Waals surface area contributed by atoms with Crippen LogP contribution in [-0.4, -0.2) is 42.0 Å². The number of amides is 1. The number of hydrogen-bond donors (Lipinski definition) is 2. The molecule has 0 fully saturated rings. The molecule has 1 atom stereocenters. The van der Waals surface area contributed by atoms with E-state index in [9.17, 15) is 13.2 Å². The normalized spacial score (nSPS) is 12.7. The lowest BCUT2D eigenvalue weighted by molar-refractivity contribution is 0.0997. The molecule has 4 rings (SSSR count). The van der Waals surface area contributed by atoms with Crippen molar-refractivity contribution in [3.63, 3.8) is 0 Å². The summed E-state index contributed by atoms with van der Waals surface area (Å²) in [5.74, 6) is -0.675. The number of ether oxygens (including phenoxy) is 1. The maximum absolute atomic E-state index is 12.2. The highest BCUT2D eigenvalue weighted by atomic mass is 35.5. The van der Waals surface area contributed by atoms with Crippen molar-refractivity contribution in [2.75, 3.05) is 13.3 Å². The van der Waals surface area contributed by atoms with Gasteiger partial charge in [0.15, 0.2) is 14.7 Å². The Morgan fingerprint density at radius 1 is 1.29 bits per heavy atom. The smallest absolute Gasteiger partial charge is 0.264 e. The Kier molecular flexibility index (Phi) is 7.13. The lowest BCUT2D eigenvalue weighted by Crippen LogP contribution is -2.13. The number of nitrogens with one attached hydrogen (secondary N) is 1. The van der Waals surface area contributed by atoms with Gasteiger partial charge in [-0.3, -0.25) is 9.20 Å². The topological polar surface area (TPSA) is 129 Å². The summed E-state index contributed by atoms with van der Waals surface area (Å²) in [5, 5.41) is 4.08. The number of rotatable bonds is 9. The number of carbonyl (C=O) groups excluding carboxylic acids is 1. The van der Waals surface area contributed by atoms with Crippen molar-refractivity contribution < 1.29 is 17.9 Å². The predicted molar refractivity (Wildman–Crippen MR) is 137 cm³/mol. The van der Waals surface area contributed by atoms with Crippen LogP contribution in [0.25, 0.3) is 16.3 Å². The number of primary amides is 1. The van der Waals surface area contributed by atoms with E-state index in [0.29, 0.717) is 33.5 Å². The molecule has 3 heterocycles. The second kappa shape index (κ2) is 9.94. The maximum Gasteiger partial charge on any atom is 0.264 e.